The number of halogens is 5. The van der Waals surface area contributed by atoms with Crippen LogP contribution in [0, 0.1) is 5.82 Å². The standard InChI is InChI=1S/C21H13ClF4N4O5S/c1-3-34-18(31)12-8-36-20(28-12)30-17(21(24,25)26)9(7-27-30)16-14(19(32)33-2)15(29-35-16)13-10(22)5-4-6-11(13)23/h4-8H,3H2,1-2H3. The Hall–Kier alpha value is -3.78. The number of methoxy groups -OCH3 is 1. The van der Waals surface area contributed by atoms with E-state index in [9.17, 15) is 27.2 Å². The van der Waals surface area contributed by atoms with Gasteiger partial charge in [-0.2, -0.15) is 18.3 Å². The van der Waals surface area contributed by atoms with Crippen molar-refractivity contribution < 1.29 is 41.1 Å². The number of hydrogen-bond acceptors (Lipinski definition) is 9. The molecule has 0 aliphatic heterocycles. The van der Waals surface area contributed by atoms with Crippen molar-refractivity contribution in [2.24, 2.45) is 0 Å². The van der Waals surface area contributed by atoms with E-state index in [1.54, 1.807) is 6.92 Å². The molecule has 0 unspecified atom stereocenters. The number of alkyl halides is 3. The van der Waals surface area contributed by atoms with E-state index in [4.69, 9.17) is 25.6 Å². The second-order valence-electron chi connectivity index (χ2n) is 6.88. The second-order valence-corrected chi connectivity index (χ2v) is 8.12. The lowest BCUT2D eigenvalue weighted by atomic mass is 10.0. The molecular formula is C21H13ClF4N4O5S. The third-order valence-corrected chi connectivity index (χ3v) is 5.85. The number of esters is 2. The lowest BCUT2D eigenvalue weighted by molar-refractivity contribution is -0.142. The first-order valence-electron chi connectivity index (χ1n) is 9.89. The minimum atomic E-state index is -5.04. The van der Waals surface area contributed by atoms with Crippen LogP contribution < -0.4 is 0 Å². The number of carbonyl (C=O) groups is 2. The molecule has 188 valence electrons. The summed E-state index contributed by atoms with van der Waals surface area (Å²) in [6.07, 6.45) is -4.27. The van der Waals surface area contributed by atoms with Crippen molar-refractivity contribution in [3.05, 3.63) is 57.6 Å². The first-order chi connectivity index (χ1) is 17.1. The Labute approximate surface area is 208 Å². The van der Waals surface area contributed by atoms with E-state index in [-0.39, 0.29) is 28.0 Å². The van der Waals surface area contributed by atoms with Crippen molar-refractivity contribution in [2.45, 2.75) is 13.1 Å². The van der Waals surface area contributed by atoms with Crippen LogP contribution in [0.3, 0.4) is 0 Å². The van der Waals surface area contributed by atoms with E-state index in [0.29, 0.717) is 16.0 Å². The Kier molecular flexibility index (Phi) is 6.82. The molecule has 15 heteroatoms. The van der Waals surface area contributed by atoms with Gasteiger partial charge < -0.3 is 14.0 Å². The van der Waals surface area contributed by atoms with Crippen LogP contribution >= 0.6 is 22.9 Å². The van der Waals surface area contributed by atoms with Gasteiger partial charge in [-0.05, 0) is 19.1 Å². The summed E-state index contributed by atoms with van der Waals surface area (Å²) in [6.45, 7) is 1.60. The Balaban J connectivity index is 1.93. The van der Waals surface area contributed by atoms with Crippen LogP contribution in [0.25, 0.3) is 27.7 Å². The summed E-state index contributed by atoms with van der Waals surface area (Å²) in [5, 5.41) is 8.10. The number of benzene rings is 1. The van der Waals surface area contributed by atoms with Gasteiger partial charge in [-0.3, -0.25) is 0 Å². The predicted molar refractivity (Wildman–Crippen MR) is 117 cm³/mol. The van der Waals surface area contributed by atoms with Crippen LogP contribution in [0.4, 0.5) is 17.6 Å². The van der Waals surface area contributed by atoms with Crippen LogP contribution in [0.5, 0.6) is 0 Å². The summed E-state index contributed by atoms with van der Waals surface area (Å²) in [5.41, 5.74) is -3.73. The minimum Gasteiger partial charge on any atom is -0.465 e. The zero-order valence-corrected chi connectivity index (χ0v) is 19.8. The molecule has 0 aliphatic carbocycles. The number of thiazole rings is 1. The van der Waals surface area contributed by atoms with Crippen LogP contribution in [0.2, 0.25) is 5.02 Å². The highest BCUT2D eigenvalue weighted by Gasteiger charge is 2.43. The third kappa shape index (κ3) is 4.44. The Morgan fingerprint density at radius 2 is 2.00 bits per heavy atom. The van der Waals surface area contributed by atoms with Gasteiger partial charge in [0.25, 0.3) is 0 Å². The van der Waals surface area contributed by atoms with E-state index >= 15 is 0 Å². The highest BCUT2D eigenvalue weighted by atomic mass is 35.5. The minimum absolute atomic E-state index is 0.0432. The molecular weight excluding hydrogens is 532 g/mol. The van der Waals surface area contributed by atoms with Crippen molar-refractivity contribution in [2.75, 3.05) is 13.7 Å². The first-order valence-corrected chi connectivity index (χ1v) is 11.1. The summed E-state index contributed by atoms with van der Waals surface area (Å²) in [6, 6.07) is 3.63. The summed E-state index contributed by atoms with van der Waals surface area (Å²) in [7, 11) is 0.979. The Bertz CT molecular complexity index is 1440. The van der Waals surface area contributed by atoms with Gasteiger partial charge in [0, 0.05) is 5.38 Å². The van der Waals surface area contributed by atoms with Crippen molar-refractivity contribution in [3.63, 3.8) is 0 Å². The van der Waals surface area contributed by atoms with Crippen molar-refractivity contribution in [1.82, 2.24) is 19.9 Å². The van der Waals surface area contributed by atoms with Gasteiger partial charge >= 0.3 is 18.1 Å². The Morgan fingerprint density at radius 3 is 2.64 bits per heavy atom. The molecule has 9 nitrogen and oxygen atoms in total. The van der Waals surface area contributed by atoms with E-state index in [0.717, 1.165) is 19.4 Å². The van der Waals surface area contributed by atoms with Crippen molar-refractivity contribution >= 4 is 34.9 Å². The predicted octanol–water partition coefficient (Wildman–Crippen LogP) is 5.43. The summed E-state index contributed by atoms with van der Waals surface area (Å²) < 4.78 is 72.3. The molecule has 0 bridgehead atoms. The smallest absolute Gasteiger partial charge is 0.434 e. The molecule has 0 N–H and O–H groups in total. The molecule has 4 rings (SSSR count). The van der Waals surface area contributed by atoms with E-state index in [1.807, 2.05) is 0 Å². The summed E-state index contributed by atoms with van der Waals surface area (Å²) >= 11 is 6.76. The van der Waals surface area contributed by atoms with Gasteiger partial charge in [0.1, 0.15) is 17.1 Å². The van der Waals surface area contributed by atoms with Gasteiger partial charge in [0.2, 0.25) is 5.13 Å². The van der Waals surface area contributed by atoms with Crippen LogP contribution in [0.1, 0.15) is 33.5 Å². The molecule has 4 aromatic rings. The highest BCUT2D eigenvalue weighted by molar-refractivity contribution is 7.12. The lowest BCUT2D eigenvalue weighted by Crippen LogP contribution is -2.15. The highest BCUT2D eigenvalue weighted by Crippen LogP contribution is 2.43. The topological polar surface area (TPSA) is 109 Å². The molecule has 0 aliphatic rings. The fourth-order valence-electron chi connectivity index (χ4n) is 3.25. The zero-order chi connectivity index (χ0) is 26.2. The van der Waals surface area contributed by atoms with Crippen molar-refractivity contribution in [3.8, 4) is 27.7 Å². The average molecular weight is 545 g/mol. The van der Waals surface area contributed by atoms with Gasteiger partial charge in [-0.25, -0.2) is 23.6 Å². The largest absolute Gasteiger partial charge is 0.465 e. The van der Waals surface area contributed by atoms with Crippen molar-refractivity contribution in [1.29, 1.82) is 0 Å². The number of aromatic nitrogens is 4. The maximum atomic E-state index is 14.6. The zero-order valence-electron chi connectivity index (χ0n) is 18.2. The number of ether oxygens (including phenoxy) is 2. The normalized spacial score (nSPS) is 11.5. The molecule has 3 heterocycles. The van der Waals surface area contributed by atoms with Crippen LogP contribution in [0.15, 0.2) is 34.3 Å². The quantitative estimate of drug-likeness (QED) is 0.234. The Morgan fingerprint density at radius 1 is 1.25 bits per heavy atom. The maximum Gasteiger partial charge on any atom is 0.434 e. The van der Waals surface area contributed by atoms with Gasteiger partial charge in [-0.15, -0.1) is 11.3 Å². The van der Waals surface area contributed by atoms with Crippen LogP contribution in [-0.4, -0.2) is 45.6 Å². The summed E-state index contributed by atoms with van der Waals surface area (Å²) in [5.74, 6) is -3.55. The summed E-state index contributed by atoms with van der Waals surface area (Å²) in [4.78, 5) is 28.4. The monoisotopic (exact) mass is 544 g/mol. The molecule has 0 atom stereocenters. The fourth-order valence-corrected chi connectivity index (χ4v) is 4.26. The molecule has 1 aromatic carbocycles. The molecule has 36 heavy (non-hydrogen) atoms. The average Bonchev–Trinajstić information content (AvgIpc) is 3.55. The first kappa shape index (κ1) is 25.3. The fraction of sp³-hybridized carbons (Fsp3) is 0.190. The van der Waals surface area contributed by atoms with Gasteiger partial charge in [-0.1, -0.05) is 22.8 Å². The number of nitrogens with zero attached hydrogens (tertiary/aromatic N) is 4. The molecule has 0 spiro atoms. The molecule has 3 aromatic heterocycles. The number of carbonyl (C=O) groups excluding carboxylic acids is 2. The molecule has 0 amide bonds. The number of hydrogen-bond donors (Lipinski definition) is 0. The molecule has 0 fully saturated rings. The lowest BCUT2D eigenvalue weighted by Gasteiger charge is -2.10. The third-order valence-electron chi connectivity index (χ3n) is 4.72. The maximum absolute atomic E-state index is 14.6. The van der Waals surface area contributed by atoms with Gasteiger partial charge in [0.15, 0.2) is 17.1 Å². The molecule has 0 saturated heterocycles. The molecule has 0 saturated carbocycles. The SMILES string of the molecule is CCOC(=O)c1csc(-n2ncc(-c3onc(-c4c(F)cccc4Cl)c3C(=O)OC)c2C(F)(F)F)n1. The van der Waals surface area contributed by atoms with Crippen LogP contribution in [-0.2, 0) is 15.7 Å². The van der Waals surface area contributed by atoms with Gasteiger partial charge in [0.05, 0.1) is 36.1 Å². The number of rotatable bonds is 6. The van der Waals surface area contributed by atoms with E-state index in [1.165, 1.54) is 17.5 Å². The van der Waals surface area contributed by atoms with E-state index < -0.39 is 52.2 Å². The van der Waals surface area contributed by atoms with E-state index in [2.05, 4.69) is 15.2 Å². The second kappa shape index (κ2) is 9.70. The molecule has 0 radical (unpaired) electrons.